The normalized spacial score (nSPS) is 16.4. The van der Waals surface area contributed by atoms with Gasteiger partial charge < -0.3 is 15.1 Å². The predicted octanol–water partition coefficient (Wildman–Crippen LogP) is 3.12. The summed E-state index contributed by atoms with van der Waals surface area (Å²) in [5, 5.41) is 2.91. The molecule has 1 unspecified atom stereocenters. The second-order valence-corrected chi connectivity index (χ2v) is 7.33. The molecule has 0 radical (unpaired) electrons. The number of nitrogens with one attached hydrogen (secondary N) is 1. The second kappa shape index (κ2) is 9.49. The topological polar surface area (TPSA) is 78.4 Å². The number of hydrogen-bond donors (Lipinski definition) is 1. The van der Waals surface area contributed by atoms with Gasteiger partial charge in [-0.2, -0.15) is 0 Å². The first-order valence-electron chi connectivity index (χ1n) is 10.3. The standard InChI is InChI=1S/C22H29N5O2/c1-4-26(5-2)19-11-10-17(14-24-19)22(29)27-13-7-9-18(15-27)21(28)25-20-16(3)8-6-12-23-20/h6,8,10-12,14,18H,4-5,7,9,13,15H2,1-3H3,(H,23,25,28). The maximum absolute atomic E-state index is 12.9. The van der Waals surface area contributed by atoms with Crippen molar-refractivity contribution in [3.8, 4) is 0 Å². The molecule has 2 aromatic rings. The SMILES string of the molecule is CCN(CC)c1ccc(C(=O)N2CCCC(C(=O)Nc3ncccc3C)C2)cn1. The number of piperidine rings is 1. The zero-order chi connectivity index (χ0) is 20.8. The summed E-state index contributed by atoms with van der Waals surface area (Å²) in [6.45, 7) is 8.88. The molecule has 7 nitrogen and oxygen atoms in total. The van der Waals surface area contributed by atoms with E-state index in [0.29, 0.717) is 24.5 Å². The maximum Gasteiger partial charge on any atom is 0.255 e. The fourth-order valence-corrected chi connectivity index (χ4v) is 3.64. The van der Waals surface area contributed by atoms with E-state index in [1.54, 1.807) is 17.3 Å². The number of anilines is 2. The monoisotopic (exact) mass is 395 g/mol. The highest BCUT2D eigenvalue weighted by atomic mass is 16.2. The largest absolute Gasteiger partial charge is 0.357 e. The van der Waals surface area contributed by atoms with E-state index in [2.05, 4.69) is 34.0 Å². The summed E-state index contributed by atoms with van der Waals surface area (Å²) in [6, 6.07) is 7.46. The van der Waals surface area contributed by atoms with Crippen molar-refractivity contribution in [2.24, 2.45) is 5.92 Å². The fraction of sp³-hybridized carbons (Fsp3) is 0.455. The van der Waals surface area contributed by atoms with Gasteiger partial charge in [0.05, 0.1) is 11.5 Å². The average Bonchev–Trinajstić information content (AvgIpc) is 2.76. The van der Waals surface area contributed by atoms with E-state index in [-0.39, 0.29) is 17.7 Å². The lowest BCUT2D eigenvalue weighted by atomic mass is 9.96. The summed E-state index contributed by atoms with van der Waals surface area (Å²) in [5.74, 6) is 1.05. The van der Waals surface area contributed by atoms with Gasteiger partial charge in [0.15, 0.2) is 0 Å². The van der Waals surface area contributed by atoms with Crippen LogP contribution in [0.25, 0.3) is 0 Å². The number of aromatic nitrogens is 2. The van der Waals surface area contributed by atoms with Crippen LogP contribution in [0.4, 0.5) is 11.6 Å². The van der Waals surface area contributed by atoms with Crippen LogP contribution < -0.4 is 10.2 Å². The molecular formula is C22H29N5O2. The molecule has 0 saturated carbocycles. The summed E-state index contributed by atoms with van der Waals surface area (Å²) < 4.78 is 0. The third-order valence-corrected chi connectivity index (χ3v) is 5.41. The molecule has 3 rings (SSSR count). The lowest BCUT2D eigenvalue weighted by molar-refractivity contribution is -0.121. The van der Waals surface area contributed by atoms with Crippen molar-refractivity contribution < 1.29 is 9.59 Å². The summed E-state index contributed by atoms with van der Waals surface area (Å²) >= 11 is 0. The highest BCUT2D eigenvalue weighted by molar-refractivity contribution is 5.96. The predicted molar refractivity (Wildman–Crippen MR) is 114 cm³/mol. The number of carbonyl (C=O) groups is 2. The molecular weight excluding hydrogens is 366 g/mol. The van der Waals surface area contributed by atoms with Crippen LogP contribution in [0, 0.1) is 12.8 Å². The summed E-state index contributed by atoms with van der Waals surface area (Å²) in [7, 11) is 0. The minimum Gasteiger partial charge on any atom is -0.357 e. The van der Waals surface area contributed by atoms with Crippen LogP contribution in [0.5, 0.6) is 0 Å². The van der Waals surface area contributed by atoms with Crippen molar-refractivity contribution in [2.45, 2.75) is 33.6 Å². The van der Waals surface area contributed by atoms with Crippen molar-refractivity contribution in [3.05, 3.63) is 47.8 Å². The first-order valence-corrected chi connectivity index (χ1v) is 10.3. The highest BCUT2D eigenvalue weighted by Crippen LogP contribution is 2.21. The van der Waals surface area contributed by atoms with Crippen LogP contribution in [0.15, 0.2) is 36.7 Å². The third kappa shape index (κ3) is 4.91. The summed E-state index contributed by atoms with van der Waals surface area (Å²) in [5.41, 5.74) is 1.48. The van der Waals surface area contributed by atoms with E-state index in [1.807, 2.05) is 31.2 Å². The molecule has 0 aromatic carbocycles. The van der Waals surface area contributed by atoms with Crippen molar-refractivity contribution in [2.75, 3.05) is 36.4 Å². The molecule has 2 amide bonds. The Kier molecular flexibility index (Phi) is 6.80. The van der Waals surface area contributed by atoms with E-state index in [4.69, 9.17) is 0 Å². The van der Waals surface area contributed by atoms with Crippen molar-refractivity contribution in [3.63, 3.8) is 0 Å². The molecule has 154 valence electrons. The van der Waals surface area contributed by atoms with E-state index in [0.717, 1.165) is 37.3 Å². The third-order valence-electron chi connectivity index (χ3n) is 5.41. The van der Waals surface area contributed by atoms with Crippen LogP contribution in [0.2, 0.25) is 0 Å². The van der Waals surface area contributed by atoms with Gasteiger partial charge in [0.1, 0.15) is 11.6 Å². The van der Waals surface area contributed by atoms with Gasteiger partial charge in [0.25, 0.3) is 5.91 Å². The summed E-state index contributed by atoms with van der Waals surface area (Å²) in [4.78, 5) is 38.2. The lowest BCUT2D eigenvalue weighted by Gasteiger charge is -2.32. The van der Waals surface area contributed by atoms with Crippen LogP contribution in [0.1, 0.15) is 42.6 Å². The van der Waals surface area contributed by atoms with Crippen LogP contribution >= 0.6 is 0 Å². The summed E-state index contributed by atoms with van der Waals surface area (Å²) in [6.07, 6.45) is 4.86. The zero-order valence-corrected chi connectivity index (χ0v) is 17.4. The molecule has 7 heteroatoms. The number of pyridine rings is 2. The molecule has 3 heterocycles. The van der Waals surface area contributed by atoms with Gasteiger partial charge in [-0.25, -0.2) is 9.97 Å². The number of hydrogen-bond acceptors (Lipinski definition) is 5. The second-order valence-electron chi connectivity index (χ2n) is 7.33. The maximum atomic E-state index is 12.9. The van der Waals surface area contributed by atoms with Gasteiger partial charge in [-0.3, -0.25) is 9.59 Å². The Hall–Kier alpha value is -2.96. The fourth-order valence-electron chi connectivity index (χ4n) is 3.64. The molecule has 1 atom stereocenters. The van der Waals surface area contributed by atoms with E-state index in [9.17, 15) is 9.59 Å². The van der Waals surface area contributed by atoms with Gasteiger partial charge in [-0.15, -0.1) is 0 Å². The van der Waals surface area contributed by atoms with E-state index < -0.39 is 0 Å². The minimum absolute atomic E-state index is 0.0740. The van der Waals surface area contributed by atoms with Crippen molar-refractivity contribution in [1.29, 1.82) is 0 Å². The number of nitrogens with zero attached hydrogens (tertiary/aromatic N) is 4. The smallest absolute Gasteiger partial charge is 0.255 e. The zero-order valence-electron chi connectivity index (χ0n) is 17.4. The number of aryl methyl sites for hydroxylation is 1. The van der Waals surface area contributed by atoms with Crippen molar-refractivity contribution >= 4 is 23.5 Å². The molecule has 0 spiro atoms. The molecule has 1 aliphatic heterocycles. The van der Waals surface area contributed by atoms with Crippen LogP contribution in [-0.2, 0) is 4.79 Å². The number of rotatable bonds is 6. The number of amides is 2. The molecule has 29 heavy (non-hydrogen) atoms. The van der Waals surface area contributed by atoms with Gasteiger partial charge in [-0.05, 0) is 57.4 Å². The van der Waals surface area contributed by atoms with Gasteiger partial charge in [-0.1, -0.05) is 6.07 Å². The molecule has 1 aliphatic rings. The molecule has 1 saturated heterocycles. The number of carbonyl (C=O) groups excluding carboxylic acids is 2. The highest BCUT2D eigenvalue weighted by Gasteiger charge is 2.29. The first kappa shape index (κ1) is 20.8. The number of likely N-dealkylation sites (tertiary alicyclic amines) is 1. The molecule has 2 aromatic heterocycles. The Labute approximate surface area is 172 Å². The van der Waals surface area contributed by atoms with Gasteiger partial charge in [0.2, 0.25) is 5.91 Å². The van der Waals surface area contributed by atoms with Crippen LogP contribution in [0.3, 0.4) is 0 Å². The first-order chi connectivity index (χ1) is 14.0. The van der Waals surface area contributed by atoms with Gasteiger partial charge in [0, 0.05) is 38.6 Å². The molecule has 0 aliphatic carbocycles. The Bertz CT molecular complexity index is 849. The van der Waals surface area contributed by atoms with E-state index in [1.165, 1.54) is 0 Å². The van der Waals surface area contributed by atoms with Crippen molar-refractivity contribution in [1.82, 2.24) is 14.9 Å². The minimum atomic E-state index is -0.239. The molecule has 0 bridgehead atoms. The van der Waals surface area contributed by atoms with E-state index >= 15 is 0 Å². The quantitative estimate of drug-likeness (QED) is 0.813. The van der Waals surface area contributed by atoms with Crippen LogP contribution in [-0.4, -0.2) is 52.9 Å². The Morgan fingerprint density at radius 2 is 2.00 bits per heavy atom. The molecule has 1 N–H and O–H groups in total. The Morgan fingerprint density at radius 3 is 2.66 bits per heavy atom. The Balaban J connectivity index is 1.64. The Morgan fingerprint density at radius 1 is 1.21 bits per heavy atom. The average molecular weight is 396 g/mol. The van der Waals surface area contributed by atoms with Gasteiger partial charge >= 0.3 is 0 Å². The molecule has 1 fully saturated rings. The lowest BCUT2D eigenvalue weighted by Crippen LogP contribution is -2.44.